The highest BCUT2D eigenvalue weighted by Gasteiger charge is 2.33. The van der Waals surface area contributed by atoms with Crippen molar-refractivity contribution in [2.45, 2.75) is 39.2 Å². The molecule has 18 heavy (non-hydrogen) atoms. The first-order valence-electron chi connectivity index (χ1n) is 6.79. The zero-order valence-corrected chi connectivity index (χ0v) is 11.8. The number of benzene rings is 1. The normalized spacial score (nSPS) is 18.7. The molecule has 2 rings (SSSR count). The lowest BCUT2D eigenvalue weighted by Crippen LogP contribution is -2.38. The summed E-state index contributed by atoms with van der Waals surface area (Å²) in [5.74, 6) is 1.16. The predicted octanol–water partition coefficient (Wildman–Crippen LogP) is 4.05. The highest BCUT2D eigenvalue weighted by Crippen LogP contribution is 2.39. The van der Waals surface area contributed by atoms with Crippen LogP contribution in [0.1, 0.15) is 32.3 Å². The number of rotatable bonds is 6. The minimum Gasteiger partial charge on any atom is -0.314 e. The van der Waals surface area contributed by atoms with Gasteiger partial charge < -0.3 is 5.32 Å². The van der Waals surface area contributed by atoms with E-state index in [2.05, 4.69) is 19.2 Å². The van der Waals surface area contributed by atoms with Crippen LogP contribution < -0.4 is 5.32 Å². The van der Waals surface area contributed by atoms with E-state index >= 15 is 0 Å². The maximum absolute atomic E-state index is 13.9. The van der Waals surface area contributed by atoms with Gasteiger partial charge in [-0.3, -0.25) is 0 Å². The van der Waals surface area contributed by atoms with E-state index in [0.717, 1.165) is 24.4 Å². The molecule has 1 saturated carbocycles. The standard InChI is InChI=1S/C15H21ClFN/c1-3-18-14(10(2)11-7-8-11)9-12-5-4-6-13(16)15(12)17/h4-6,10-11,14,18H,3,7-9H2,1-2H3. The fourth-order valence-corrected chi connectivity index (χ4v) is 2.79. The maximum atomic E-state index is 13.9. The fraction of sp³-hybridized carbons (Fsp3) is 0.600. The van der Waals surface area contributed by atoms with E-state index in [1.54, 1.807) is 6.07 Å². The van der Waals surface area contributed by atoms with E-state index in [1.807, 2.05) is 12.1 Å². The molecule has 1 aromatic carbocycles. The molecule has 1 aliphatic carbocycles. The monoisotopic (exact) mass is 269 g/mol. The van der Waals surface area contributed by atoms with Gasteiger partial charge in [0.15, 0.2) is 0 Å². The lowest BCUT2D eigenvalue weighted by molar-refractivity contribution is 0.341. The summed E-state index contributed by atoms with van der Waals surface area (Å²) in [4.78, 5) is 0. The average Bonchev–Trinajstić information content (AvgIpc) is 3.17. The van der Waals surface area contributed by atoms with Crippen LogP contribution >= 0.6 is 11.6 Å². The zero-order valence-electron chi connectivity index (χ0n) is 11.0. The van der Waals surface area contributed by atoms with E-state index < -0.39 is 0 Å². The van der Waals surface area contributed by atoms with Gasteiger partial charge in [-0.15, -0.1) is 0 Å². The lowest BCUT2D eigenvalue weighted by Gasteiger charge is -2.25. The number of halogens is 2. The van der Waals surface area contributed by atoms with Crippen LogP contribution in [0.15, 0.2) is 18.2 Å². The molecule has 2 atom stereocenters. The molecule has 0 saturated heterocycles. The van der Waals surface area contributed by atoms with Crippen molar-refractivity contribution in [2.24, 2.45) is 11.8 Å². The van der Waals surface area contributed by atoms with E-state index in [9.17, 15) is 4.39 Å². The third-order valence-corrected chi connectivity index (χ3v) is 4.23. The Labute approximate surface area is 114 Å². The molecule has 0 heterocycles. The molecule has 0 bridgehead atoms. The van der Waals surface area contributed by atoms with Gasteiger partial charge in [0.1, 0.15) is 5.82 Å². The molecule has 1 fully saturated rings. The Hall–Kier alpha value is -0.600. The second-order valence-corrected chi connectivity index (χ2v) is 5.68. The van der Waals surface area contributed by atoms with Crippen LogP contribution in [0.3, 0.4) is 0 Å². The molecule has 0 aromatic heterocycles. The highest BCUT2D eigenvalue weighted by atomic mass is 35.5. The summed E-state index contributed by atoms with van der Waals surface area (Å²) in [7, 11) is 0. The van der Waals surface area contributed by atoms with Crippen LogP contribution in [0.25, 0.3) is 0 Å². The SMILES string of the molecule is CCNC(Cc1cccc(Cl)c1F)C(C)C1CC1. The van der Waals surface area contributed by atoms with Crippen molar-refractivity contribution >= 4 is 11.6 Å². The molecule has 100 valence electrons. The second-order valence-electron chi connectivity index (χ2n) is 5.28. The molecule has 1 N–H and O–H groups in total. The molecule has 0 radical (unpaired) electrons. The smallest absolute Gasteiger partial charge is 0.145 e. The minimum absolute atomic E-state index is 0.224. The Morgan fingerprint density at radius 3 is 2.78 bits per heavy atom. The topological polar surface area (TPSA) is 12.0 Å². The van der Waals surface area contributed by atoms with Crippen molar-refractivity contribution in [3.8, 4) is 0 Å². The summed E-state index contributed by atoms with van der Waals surface area (Å²) in [5.41, 5.74) is 0.723. The van der Waals surface area contributed by atoms with Crippen LogP contribution in [0.2, 0.25) is 5.02 Å². The third-order valence-electron chi connectivity index (χ3n) is 3.94. The molecule has 2 unspecified atom stereocenters. The molecule has 0 spiro atoms. The number of nitrogens with one attached hydrogen (secondary N) is 1. The van der Waals surface area contributed by atoms with Gasteiger partial charge in [0, 0.05) is 6.04 Å². The summed E-state index contributed by atoms with van der Waals surface area (Å²) < 4.78 is 13.9. The molecular weight excluding hydrogens is 249 g/mol. The molecule has 1 aromatic rings. The average molecular weight is 270 g/mol. The van der Waals surface area contributed by atoms with Crippen molar-refractivity contribution in [3.05, 3.63) is 34.6 Å². The quantitative estimate of drug-likeness (QED) is 0.822. The van der Waals surface area contributed by atoms with Gasteiger partial charge in [0.05, 0.1) is 5.02 Å². The molecule has 3 heteroatoms. The number of likely N-dealkylation sites (N-methyl/N-ethyl adjacent to an activating group) is 1. The lowest BCUT2D eigenvalue weighted by atomic mass is 9.91. The minimum atomic E-state index is -0.259. The molecule has 0 aliphatic heterocycles. The zero-order chi connectivity index (χ0) is 13.1. The summed E-state index contributed by atoms with van der Waals surface area (Å²) in [6.07, 6.45) is 3.36. The first-order valence-corrected chi connectivity index (χ1v) is 7.17. The molecular formula is C15H21ClFN. The Balaban J connectivity index is 2.09. The van der Waals surface area contributed by atoms with Crippen LogP contribution in [-0.2, 0) is 6.42 Å². The van der Waals surface area contributed by atoms with Gasteiger partial charge in [-0.1, -0.05) is 37.6 Å². The predicted molar refractivity (Wildman–Crippen MR) is 74.5 cm³/mol. The molecule has 0 amide bonds. The van der Waals surface area contributed by atoms with E-state index in [1.165, 1.54) is 12.8 Å². The van der Waals surface area contributed by atoms with E-state index in [0.29, 0.717) is 12.0 Å². The van der Waals surface area contributed by atoms with Crippen molar-refractivity contribution in [1.82, 2.24) is 5.32 Å². The Morgan fingerprint density at radius 1 is 1.44 bits per heavy atom. The molecule has 1 nitrogen and oxygen atoms in total. The summed E-state index contributed by atoms with van der Waals surface area (Å²) in [5, 5.41) is 3.71. The van der Waals surface area contributed by atoms with Gasteiger partial charge in [-0.25, -0.2) is 4.39 Å². The summed E-state index contributed by atoms with van der Waals surface area (Å²) >= 11 is 5.83. The van der Waals surface area contributed by atoms with E-state index in [4.69, 9.17) is 11.6 Å². The highest BCUT2D eigenvalue weighted by molar-refractivity contribution is 6.30. The third kappa shape index (κ3) is 3.24. The number of hydrogen-bond acceptors (Lipinski definition) is 1. The maximum Gasteiger partial charge on any atom is 0.145 e. The Bertz CT molecular complexity index is 403. The van der Waals surface area contributed by atoms with E-state index in [-0.39, 0.29) is 10.8 Å². The summed E-state index contributed by atoms with van der Waals surface area (Å²) in [6, 6.07) is 5.61. The fourth-order valence-electron chi connectivity index (χ4n) is 2.60. The van der Waals surface area contributed by atoms with Crippen LogP contribution in [0, 0.1) is 17.7 Å². The van der Waals surface area contributed by atoms with Crippen molar-refractivity contribution in [1.29, 1.82) is 0 Å². The van der Waals surface area contributed by atoms with Crippen molar-refractivity contribution in [2.75, 3.05) is 6.54 Å². The van der Waals surface area contributed by atoms with Gasteiger partial charge in [0.2, 0.25) is 0 Å². The van der Waals surface area contributed by atoms with Crippen LogP contribution in [0.4, 0.5) is 4.39 Å². The van der Waals surface area contributed by atoms with Gasteiger partial charge in [0.25, 0.3) is 0 Å². The Morgan fingerprint density at radius 2 is 2.17 bits per heavy atom. The van der Waals surface area contributed by atoms with Gasteiger partial charge in [-0.05, 0) is 49.3 Å². The number of hydrogen-bond donors (Lipinski definition) is 1. The van der Waals surface area contributed by atoms with Gasteiger partial charge >= 0.3 is 0 Å². The van der Waals surface area contributed by atoms with Crippen LogP contribution in [0.5, 0.6) is 0 Å². The van der Waals surface area contributed by atoms with Crippen LogP contribution in [-0.4, -0.2) is 12.6 Å². The van der Waals surface area contributed by atoms with Crippen molar-refractivity contribution < 1.29 is 4.39 Å². The summed E-state index contributed by atoms with van der Waals surface area (Å²) in [6.45, 7) is 5.29. The Kier molecular flexibility index (Phi) is 4.63. The largest absolute Gasteiger partial charge is 0.314 e. The van der Waals surface area contributed by atoms with Gasteiger partial charge in [-0.2, -0.15) is 0 Å². The molecule has 1 aliphatic rings. The first-order chi connectivity index (χ1) is 8.63. The van der Waals surface area contributed by atoms with Crippen molar-refractivity contribution in [3.63, 3.8) is 0 Å². The first kappa shape index (κ1) is 13.8. The second kappa shape index (κ2) is 6.03.